The molecule has 2 heterocycles. The molecule has 0 aliphatic carbocycles. The fourth-order valence-corrected chi connectivity index (χ4v) is 2.17. The number of amides is 1. The van der Waals surface area contributed by atoms with Crippen LogP contribution in [0, 0.1) is 0 Å². The van der Waals surface area contributed by atoms with Crippen LogP contribution in [-0.4, -0.2) is 17.4 Å². The Morgan fingerprint density at radius 3 is 2.78 bits per heavy atom. The second-order valence-corrected chi connectivity index (χ2v) is 4.09. The summed E-state index contributed by atoms with van der Waals surface area (Å²) >= 11 is 0. The second-order valence-electron chi connectivity index (χ2n) is 4.09. The van der Waals surface area contributed by atoms with Crippen LogP contribution in [0.4, 0.5) is 17.2 Å². The van der Waals surface area contributed by atoms with Gasteiger partial charge in [0.25, 0.3) is 5.91 Å². The molecule has 1 aromatic carbocycles. The highest BCUT2D eigenvalue weighted by molar-refractivity contribution is 6.12. The van der Waals surface area contributed by atoms with Crippen LogP contribution in [0.25, 0.3) is 0 Å². The fraction of sp³-hybridized carbons (Fsp3) is 0.143. The Kier molecular flexibility index (Phi) is 2.48. The minimum absolute atomic E-state index is 0.0157. The van der Waals surface area contributed by atoms with Crippen LogP contribution in [-0.2, 0) is 0 Å². The number of rotatable bonds is 1. The van der Waals surface area contributed by atoms with E-state index >= 15 is 0 Å². The topological polar surface area (TPSA) is 45.2 Å². The number of anilines is 3. The Hall–Kier alpha value is -2.36. The van der Waals surface area contributed by atoms with Crippen LogP contribution in [0.1, 0.15) is 17.3 Å². The van der Waals surface area contributed by atoms with Crippen LogP contribution in [0.5, 0.6) is 0 Å². The second kappa shape index (κ2) is 4.14. The summed E-state index contributed by atoms with van der Waals surface area (Å²) in [4.78, 5) is 18.5. The van der Waals surface area contributed by atoms with Gasteiger partial charge in [0.1, 0.15) is 0 Å². The molecule has 1 aliphatic rings. The largest absolute Gasteiger partial charge is 0.352 e. The van der Waals surface area contributed by atoms with E-state index in [1.807, 2.05) is 43.3 Å². The van der Waals surface area contributed by atoms with Gasteiger partial charge in [-0.2, -0.15) is 0 Å². The molecular formula is C14H13N3O. The average molecular weight is 239 g/mol. The Balaban J connectivity index is 2.23. The zero-order chi connectivity index (χ0) is 12.5. The molecule has 18 heavy (non-hydrogen) atoms. The van der Waals surface area contributed by atoms with E-state index < -0.39 is 0 Å². The number of hydrogen-bond acceptors (Lipinski definition) is 3. The van der Waals surface area contributed by atoms with E-state index in [1.165, 1.54) is 0 Å². The Morgan fingerprint density at radius 2 is 1.94 bits per heavy atom. The third kappa shape index (κ3) is 1.54. The molecule has 3 rings (SSSR count). The number of nitrogens with one attached hydrogen (secondary N) is 1. The van der Waals surface area contributed by atoms with Gasteiger partial charge in [-0.15, -0.1) is 0 Å². The lowest BCUT2D eigenvalue weighted by molar-refractivity contribution is 0.0989. The standard InChI is InChI=1S/C14H13N3O/c1-2-17-13-12(8-5-9-15-13)16-11-7-4-3-6-10(11)14(17)18/h3-9,16H,2H2,1H3. The number of para-hydroxylation sites is 1. The summed E-state index contributed by atoms with van der Waals surface area (Å²) in [7, 11) is 0. The zero-order valence-electron chi connectivity index (χ0n) is 10.1. The smallest absolute Gasteiger partial charge is 0.261 e. The SMILES string of the molecule is CCN1C(=O)c2ccccc2Nc2cccnc21. The van der Waals surface area contributed by atoms with E-state index in [-0.39, 0.29) is 5.91 Å². The molecule has 1 N–H and O–H groups in total. The van der Waals surface area contributed by atoms with Gasteiger partial charge in [-0.05, 0) is 31.2 Å². The van der Waals surface area contributed by atoms with Gasteiger partial charge < -0.3 is 5.32 Å². The van der Waals surface area contributed by atoms with Gasteiger partial charge in [-0.25, -0.2) is 4.98 Å². The first-order chi connectivity index (χ1) is 8.81. The molecule has 0 spiro atoms. The highest BCUT2D eigenvalue weighted by atomic mass is 16.2. The summed E-state index contributed by atoms with van der Waals surface area (Å²) in [5.74, 6) is 0.666. The fourth-order valence-electron chi connectivity index (χ4n) is 2.17. The van der Waals surface area contributed by atoms with Crippen molar-refractivity contribution < 1.29 is 4.79 Å². The predicted molar refractivity (Wildman–Crippen MR) is 71.3 cm³/mol. The third-order valence-electron chi connectivity index (χ3n) is 3.03. The number of fused-ring (bicyclic) bond motifs is 2. The first kappa shape index (κ1) is 10.8. The molecule has 0 fully saturated rings. The predicted octanol–water partition coefficient (Wildman–Crippen LogP) is 2.81. The lowest BCUT2D eigenvalue weighted by Crippen LogP contribution is -2.30. The normalized spacial score (nSPS) is 13.4. The molecule has 0 unspecified atom stereocenters. The van der Waals surface area contributed by atoms with E-state index in [2.05, 4.69) is 10.3 Å². The van der Waals surface area contributed by atoms with Crippen molar-refractivity contribution in [1.82, 2.24) is 4.98 Å². The summed E-state index contributed by atoms with van der Waals surface area (Å²) in [5, 5.41) is 3.27. The number of hydrogen-bond donors (Lipinski definition) is 1. The van der Waals surface area contributed by atoms with Crippen molar-refractivity contribution in [3.05, 3.63) is 48.2 Å². The van der Waals surface area contributed by atoms with Crippen LogP contribution in [0.3, 0.4) is 0 Å². The highest BCUT2D eigenvalue weighted by Crippen LogP contribution is 2.33. The number of carbonyl (C=O) groups is 1. The number of aromatic nitrogens is 1. The van der Waals surface area contributed by atoms with Crippen molar-refractivity contribution in [3.8, 4) is 0 Å². The molecule has 0 bridgehead atoms. The maximum atomic E-state index is 12.5. The first-order valence-electron chi connectivity index (χ1n) is 5.94. The molecule has 4 nitrogen and oxygen atoms in total. The molecule has 1 aromatic heterocycles. The van der Waals surface area contributed by atoms with Crippen molar-refractivity contribution in [1.29, 1.82) is 0 Å². The van der Waals surface area contributed by atoms with Crippen LogP contribution in [0.2, 0.25) is 0 Å². The van der Waals surface area contributed by atoms with Crippen molar-refractivity contribution >= 4 is 23.1 Å². The minimum atomic E-state index is -0.0157. The first-order valence-corrected chi connectivity index (χ1v) is 5.94. The van der Waals surface area contributed by atoms with E-state index in [1.54, 1.807) is 11.1 Å². The molecule has 2 aromatic rings. The average Bonchev–Trinajstić information content (AvgIpc) is 2.53. The van der Waals surface area contributed by atoms with Crippen LogP contribution in [0.15, 0.2) is 42.6 Å². The van der Waals surface area contributed by atoms with Crippen LogP contribution < -0.4 is 10.2 Å². The van der Waals surface area contributed by atoms with E-state index in [9.17, 15) is 4.79 Å². The molecule has 0 saturated carbocycles. The van der Waals surface area contributed by atoms with Crippen molar-refractivity contribution in [2.45, 2.75) is 6.92 Å². The molecule has 0 saturated heterocycles. The molecule has 1 amide bonds. The molecule has 4 heteroatoms. The lowest BCUT2D eigenvalue weighted by atomic mass is 10.1. The highest BCUT2D eigenvalue weighted by Gasteiger charge is 2.25. The van der Waals surface area contributed by atoms with Gasteiger partial charge in [0.05, 0.1) is 16.9 Å². The molecule has 90 valence electrons. The van der Waals surface area contributed by atoms with E-state index in [4.69, 9.17) is 0 Å². The van der Waals surface area contributed by atoms with Crippen molar-refractivity contribution in [2.24, 2.45) is 0 Å². The molecule has 1 aliphatic heterocycles. The number of nitrogens with zero attached hydrogens (tertiary/aromatic N) is 2. The van der Waals surface area contributed by atoms with Gasteiger partial charge >= 0.3 is 0 Å². The Labute approximate surface area is 105 Å². The van der Waals surface area contributed by atoms with Crippen molar-refractivity contribution in [3.63, 3.8) is 0 Å². The van der Waals surface area contributed by atoms with Gasteiger partial charge in [-0.1, -0.05) is 12.1 Å². The summed E-state index contributed by atoms with van der Waals surface area (Å²) in [6.45, 7) is 2.54. The maximum absolute atomic E-state index is 12.5. The summed E-state index contributed by atoms with van der Waals surface area (Å²) in [6.07, 6.45) is 1.70. The zero-order valence-corrected chi connectivity index (χ0v) is 10.1. The monoisotopic (exact) mass is 239 g/mol. The van der Waals surface area contributed by atoms with E-state index in [0.29, 0.717) is 17.9 Å². The summed E-state index contributed by atoms with van der Waals surface area (Å²) in [5.41, 5.74) is 2.36. The third-order valence-corrected chi connectivity index (χ3v) is 3.03. The molecular weight excluding hydrogens is 226 g/mol. The van der Waals surface area contributed by atoms with Gasteiger partial charge in [0.15, 0.2) is 5.82 Å². The van der Waals surface area contributed by atoms with Gasteiger partial charge in [0.2, 0.25) is 0 Å². The number of carbonyl (C=O) groups excluding carboxylic acids is 1. The van der Waals surface area contributed by atoms with Crippen molar-refractivity contribution in [2.75, 3.05) is 16.8 Å². The summed E-state index contributed by atoms with van der Waals surface area (Å²) < 4.78 is 0. The van der Waals surface area contributed by atoms with Gasteiger partial charge in [0, 0.05) is 12.7 Å². The number of pyridine rings is 1. The lowest BCUT2D eigenvalue weighted by Gasteiger charge is -2.19. The Morgan fingerprint density at radius 1 is 1.17 bits per heavy atom. The minimum Gasteiger partial charge on any atom is -0.352 e. The summed E-state index contributed by atoms with van der Waals surface area (Å²) in [6, 6.07) is 11.3. The van der Waals surface area contributed by atoms with Gasteiger partial charge in [-0.3, -0.25) is 9.69 Å². The Bertz CT molecular complexity index is 609. The van der Waals surface area contributed by atoms with Crippen LogP contribution >= 0.6 is 0 Å². The maximum Gasteiger partial charge on any atom is 0.261 e. The number of benzene rings is 1. The molecule has 0 atom stereocenters. The quantitative estimate of drug-likeness (QED) is 0.832. The van der Waals surface area contributed by atoms with E-state index in [0.717, 1.165) is 11.4 Å². The molecule has 0 radical (unpaired) electrons.